The molecule has 1 aliphatic rings. The van der Waals surface area contributed by atoms with Gasteiger partial charge in [0.1, 0.15) is 0 Å². The Balaban J connectivity index is 2.45. The molecule has 1 unspecified atom stereocenters. The summed E-state index contributed by atoms with van der Waals surface area (Å²) in [6.07, 6.45) is 1.99. The minimum Gasteiger partial charge on any atom is -0.395 e. The first-order valence-electron chi connectivity index (χ1n) is 6.80. The molecule has 6 heteroatoms. The lowest BCUT2D eigenvalue weighted by Gasteiger charge is -2.34. The molecule has 0 spiro atoms. The van der Waals surface area contributed by atoms with E-state index in [9.17, 15) is 8.42 Å². The fourth-order valence-corrected chi connectivity index (χ4v) is 4.23. The molecular formula is C12H26N2O3S. The second kappa shape index (κ2) is 7.43. The maximum absolute atomic E-state index is 12.2. The van der Waals surface area contributed by atoms with Gasteiger partial charge in [-0.2, -0.15) is 4.31 Å². The number of sulfonamides is 1. The van der Waals surface area contributed by atoms with Gasteiger partial charge in [0, 0.05) is 32.7 Å². The van der Waals surface area contributed by atoms with Gasteiger partial charge in [-0.15, -0.1) is 0 Å². The predicted octanol–water partition coefficient (Wildman–Crippen LogP) is 0.362. The van der Waals surface area contributed by atoms with E-state index in [1.807, 2.05) is 6.92 Å². The Morgan fingerprint density at radius 1 is 1.22 bits per heavy atom. The van der Waals surface area contributed by atoms with Crippen LogP contribution in [0.3, 0.4) is 0 Å². The first-order valence-corrected chi connectivity index (χ1v) is 8.41. The van der Waals surface area contributed by atoms with Crippen molar-refractivity contribution >= 4 is 10.0 Å². The molecule has 0 saturated carbocycles. The van der Waals surface area contributed by atoms with Gasteiger partial charge in [0.15, 0.2) is 0 Å². The summed E-state index contributed by atoms with van der Waals surface area (Å²) in [6, 6.07) is 0. The molecule has 0 amide bonds. The van der Waals surface area contributed by atoms with Crippen molar-refractivity contribution in [1.29, 1.82) is 0 Å². The van der Waals surface area contributed by atoms with Crippen LogP contribution >= 0.6 is 0 Å². The Hall–Kier alpha value is -0.170. The van der Waals surface area contributed by atoms with E-state index < -0.39 is 10.0 Å². The van der Waals surface area contributed by atoms with Gasteiger partial charge in [0.25, 0.3) is 0 Å². The highest BCUT2D eigenvalue weighted by Gasteiger charge is 2.27. The normalized spacial score (nSPS) is 21.1. The summed E-state index contributed by atoms with van der Waals surface area (Å²) in [6.45, 7) is 7.42. The molecule has 5 nitrogen and oxygen atoms in total. The van der Waals surface area contributed by atoms with E-state index in [2.05, 4.69) is 11.8 Å². The van der Waals surface area contributed by atoms with E-state index in [1.54, 1.807) is 4.31 Å². The molecule has 1 atom stereocenters. The molecule has 1 N–H and O–H groups in total. The summed E-state index contributed by atoms with van der Waals surface area (Å²) >= 11 is 0. The Morgan fingerprint density at radius 2 is 1.83 bits per heavy atom. The third-order valence-electron chi connectivity index (χ3n) is 3.42. The number of aliphatic hydroxyl groups is 1. The largest absolute Gasteiger partial charge is 0.395 e. The summed E-state index contributed by atoms with van der Waals surface area (Å²) in [7, 11) is -3.10. The minimum absolute atomic E-state index is 0.139. The number of nitrogens with zero attached hydrogens (tertiary/aromatic N) is 2. The van der Waals surface area contributed by atoms with Crippen LogP contribution in [-0.2, 0) is 10.0 Å². The molecule has 0 aromatic rings. The van der Waals surface area contributed by atoms with Crippen molar-refractivity contribution in [2.75, 3.05) is 45.1 Å². The molecule has 0 radical (unpaired) electrons. The monoisotopic (exact) mass is 278 g/mol. The first-order chi connectivity index (χ1) is 8.49. The fraction of sp³-hybridized carbons (Fsp3) is 1.00. The van der Waals surface area contributed by atoms with Crippen LogP contribution in [0.2, 0.25) is 0 Å². The van der Waals surface area contributed by atoms with Gasteiger partial charge in [-0.05, 0) is 12.3 Å². The van der Waals surface area contributed by atoms with Crippen molar-refractivity contribution in [3.8, 4) is 0 Å². The van der Waals surface area contributed by atoms with Crippen LogP contribution < -0.4 is 0 Å². The van der Waals surface area contributed by atoms with Crippen molar-refractivity contribution in [3.05, 3.63) is 0 Å². The molecule has 1 heterocycles. The van der Waals surface area contributed by atoms with Crippen LogP contribution in [0.1, 0.15) is 26.7 Å². The number of piperazine rings is 1. The minimum atomic E-state index is -3.10. The van der Waals surface area contributed by atoms with Gasteiger partial charge < -0.3 is 5.11 Å². The second-order valence-electron chi connectivity index (χ2n) is 5.14. The van der Waals surface area contributed by atoms with Crippen molar-refractivity contribution in [3.63, 3.8) is 0 Å². The standard InChI is InChI=1S/C12H26N2O3S/c1-3-4-12(2)11-18(16,17)14-7-5-13(6-8-14)9-10-15/h12,15H,3-11H2,1-2H3. The van der Waals surface area contributed by atoms with Crippen LogP contribution in [-0.4, -0.2) is 67.8 Å². The Labute approximate surface area is 111 Å². The topological polar surface area (TPSA) is 60.9 Å². The van der Waals surface area contributed by atoms with E-state index in [0.29, 0.717) is 19.6 Å². The van der Waals surface area contributed by atoms with E-state index in [4.69, 9.17) is 5.11 Å². The van der Waals surface area contributed by atoms with Crippen molar-refractivity contribution in [1.82, 2.24) is 9.21 Å². The Bertz CT molecular complexity index is 324. The summed E-state index contributed by atoms with van der Waals surface area (Å²) in [5.74, 6) is 0.497. The second-order valence-corrected chi connectivity index (χ2v) is 7.15. The van der Waals surface area contributed by atoms with Gasteiger partial charge in [0.05, 0.1) is 12.4 Å². The SMILES string of the molecule is CCCC(C)CS(=O)(=O)N1CCN(CCO)CC1. The van der Waals surface area contributed by atoms with Gasteiger partial charge in [0.2, 0.25) is 10.0 Å². The summed E-state index contributed by atoms with van der Waals surface area (Å²) in [5, 5.41) is 8.85. The number of rotatable bonds is 7. The van der Waals surface area contributed by atoms with E-state index in [-0.39, 0.29) is 18.3 Å². The Kier molecular flexibility index (Phi) is 6.55. The molecule has 0 aliphatic carbocycles. The third-order valence-corrected chi connectivity index (χ3v) is 5.56. The van der Waals surface area contributed by atoms with Crippen LogP contribution in [0.15, 0.2) is 0 Å². The van der Waals surface area contributed by atoms with Gasteiger partial charge >= 0.3 is 0 Å². The molecule has 1 rings (SSSR count). The van der Waals surface area contributed by atoms with Crippen LogP contribution in [0, 0.1) is 5.92 Å². The van der Waals surface area contributed by atoms with Gasteiger partial charge in [-0.3, -0.25) is 4.90 Å². The lowest BCUT2D eigenvalue weighted by molar-refractivity contribution is 0.151. The quantitative estimate of drug-likeness (QED) is 0.730. The van der Waals surface area contributed by atoms with E-state index >= 15 is 0 Å². The zero-order valence-electron chi connectivity index (χ0n) is 11.5. The number of β-amino-alcohol motifs (C(OH)–C–C–N with tert-alkyl or cyclic N) is 1. The first kappa shape index (κ1) is 15.9. The number of aliphatic hydroxyl groups excluding tert-OH is 1. The van der Waals surface area contributed by atoms with E-state index in [1.165, 1.54) is 0 Å². The number of hydrogen-bond acceptors (Lipinski definition) is 4. The third kappa shape index (κ3) is 4.84. The predicted molar refractivity (Wildman–Crippen MR) is 73.0 cm³/mol. The highest BCUT2D eigenvalue weighted by atomic mass is 32.2. The molecule has 0 bridgehead atoms. The lowest BCUT2D eigenvalue weighted by atomic mass is 10.1. The van der Waals surface area contributed by atoms with E-state index in [0.717, 1.165) is 25.9 Å². The van der Waals surface area contributed by atoms with Crippen LogP contribution in [0.5, 0.6) is 0 Å². The zero-order chi connectivity index (χ0) is 13.6. The highest BCUT2D eigenvalue weighted by Crippen LogP contribution is 2.14. The smallest absolute Gasteiger partial charge is 0.214 e. The summed E-state index contributed by atoms with van der Waals surface area (Å²) in [5.41, 5.74) is 0. The van der Waals surface area contributed by atoms with Crippen molar-refractivity contribution in [2.45, 2.75) is 26.7 Å². The molecule has 0 aromatic carbocycles. The lowest BCUT2D eigenvalue weighted by Crippen LogP contribution is -2.50. The molecule has 18 heavy (non-hydrogen) atoms. The molecule has 1 aliphatic heterocycles. The van der Waals surface area contributed by atoms with Crippen LogP contribution in [0.4, 0.5) is 0 Å². The maximum atomic E-state index is 12.2. The Morgan fingerprint density at radius 3 is 2.33 bits per heavy atom. The van der Waals surface area contributed by atoms with Crippen molar-refractivity contribution < 1.29 is 13.5 Å². The molecular weight excluding hydrogens is 252 g/mol. The molecule has 108 valence electrons. The number of hydrogen-bond donors (Lipinski definition) is 1. The maximum Gasteiger partial charge on any atom is 0.214 e. The molecule has 0 aromatic heterocycles. The highest BCUT2D eigenvalue weighted by molar-refractivity contribution is 7.89. The van der Waals surface area contributed by atoms with Gasteiger partial charge in [-0.25, -0.2) is 8.42 Å². The van der Waals surface area contributed by atoms with Crippen molar-refractivity contribution in [2.24, 2.45) is 5.92 Å². The summed E-state index contributed by atoms with van der Waals surface area (Å²) < 4.78 is 26.0. The van der Waals surface area contributed by atoms with Crippen LogP contribution in [0.25, 0.3) is 0 Å². The van der Waals surface area contributed by atoms with Gasteiger partial charge in [-0.1, -0.05) is 20.3 Å². The zero-order valence-corrected chi connectivity index (χ0v) is 12.3. The summed E-state index contributed by atoms with van der Waals surface area (Å²) in [4.78, 5) is 2.10. The average Bonchev–Trinajstić information content (AvgIpc) is 2.29. The molecule has 1 fully saturated rings. The molecule has 1 saturated heterocycles. The average molecular weight is 278 g/mol. The fourth-order valence-electron chi connectivity index (χ4n) is 2.41.